The highest BCUT2D eigenvalue weighted by molar-refractivity contribution is 4.77. The molecule has 0 aromatic carbocycles. The predicted molar refractivity (Wildman–Crippen MR) is 69.7 cm³/mol. The Balaban J connectivity index is 1.63. The summed E-state index contributed by atoms with van der Waals surface area (Å²) in [5, 5.41) is 3.47. The maximum absolute atomic E-state index is 3.47. The molecule has 0 amide bonds. The molecule has 0 bridgehead atoms. The minimum absolute atomic E-state index is 0.899. The quantitative estimate of drug-likeness (QED) is 0.772. The van der Waals surface area contributed by atoms with Crippen LogP contribution < -0.4 is 5.32 Å². The molecule has 2 nitrogen and oxygen atoms in total. The van der Waals surface area contributed by atoms with Crippen molar-refractivity contribution in [3.63, 3.8) is 0 Å². The molecule has 0 aromatic heterocycles. The summed E-state index contributed by atoms with van der Waals surface area (Å²) in [5.41, 5.74) is 0. The lowest BCUT2D eigenvalue weighted by Gasteiger charge is -2.35. The van der Waals surface area contributed by atoms with Gasteiger partial charge in [0.1, 0.15) is 0 Å². The van der Waals surface area contributed by atoms with E-state index in [1.165, 1.54) is 71.1 Å². The van der Waals surface area contributed by atoms with Crippen LogP contribution in [0.3, 0.4) is 0 Å². The van der Waals surface area contributed by atoms with Crippen LogP contribution >= 0.6 is 0 Å². The summed E-state index contributed by atoms with van der Waals surface area (Å²) in [5.74, 6) is 0.977. The molecule has 2 heteroatoms. The van der Waals surface area contributed by atoms with Crippen LogP contribution in [-0.2, 0) is 0 Å². The molecular formula is C14H28N2. The first-order chi connectivity index (χ1) is 7.90. The zero-order valence-electron chi connectivity index (χ0n) is 10.9. The molecule has 94 valence electrons. The van der Waals surface area contributed by atoms with E-state index in [9.17, 15) is 0 Å². The van der Waals surface area contributed by atoms with Gasteiger partial charge in [-0.15, -0.1) is 0 Å². The number of hydrogen-bond acceptors (Lipinski definition) is 2. The minimum atomic E-state index is 0.899. The van der Waals surface area contributed by atoms with Crippen molar-refractivity contribution >= 4 is 0 Å². The molecule has 0 aliphatic carbocycles. The Morgan fingerprint density at radius 1 is 1.25 bits per heavy atom. The first-order valence-corrected chi connectivity index (χ1v) is 7.35. The molecule has 2 unspecified atom stereocenters. The van der Waals surface area contributed by atoms with Crippen LogP contribution in [0.2, 0.25) is 0 Å². The van der Waals surface area contributed by atoms with Gasteiger partial charge in [-0.2, -0.15) is 0 Å². The zero-order valence-corrected chi connectivity index (χ0v) is 10.9. The van der Waals surface area contributed by atoms with Gasteiger partial charge in [0.2, 0.25) is 0 Å². The van der Waals surface area contributed by atoms with Crippen molar-refractivity contribution in [2.45, 2.75) is 57.9 Å². The van der Waals surface area contributed by atoms with E-state index in [2.05, 4.69) is 17.1 Å². The standard InChI is InChI=1S/C14H28N2/c1-2-14-7-3-4-10-16(14)11-5-6-13-8-9-15-12-13/h13-15H,2-12H2,1H3. The van der Waals surface area contributed by atoms with E-state index >= 15 is 0 Å². The average Bonchev–Trinajstić information content (AvgIpc) is 2.83. The number of hydrogen-bond donors (Lipinski definition) is 1. The maximum Gasteiger partial charge on any atom is 0.00926 e. The van der Waals surface area contributed by atoms with E-state index in [0.717, 1.165) is 12.0 Å². The summed E-state index contributed by atoms with van der Waals surface area (Å²) in [6.07, 6.45) is 9.97. The Morgan fingerprint density at radius 2 is 2.19 bits per heavy atom. The molecule has 0 saturated carbocycles. The van der Waals surface area contributed by atoms with Crippen LogP contribution in [0.15, 0.2) is 0 Å². The van der Waals surface area contributed by atoms with E-state index in [1.807, 2.05) is 0 Å². The highest BCUT2D eigenvalue weighted by Crippen LogP contribution is 2.21. The van der Waals surface area contributed by atoms with E-state index in [0.29, 0.717) is 0 Å². The molecule has 2 aliphatic rings. The lowest BCUT2D eigenvalue weighted by molar-refractivity contribution is 0.139. The molecule has 2 rings (SSSR count). The van der Waals surface area contributed by atoms with Gasteiger partial charge in [-0.3, -0.25) is 0 Å². The van der Waals surface area contributed by atoms with Gasteiger partial charge in [0, 0.05) is 6.04 Å². The fourth-order valence-electron chi connectivity index (χ4n) is 3.36. The van der Waals surface area contributed by atoms with Gasteiger partial charge >= 0.3 is 0 Å². The molecule has 0 radical (unpaired) electrons. The van der Waals surface area contributed by atoms with Gasteiger partial charge in [0.25, 0.3) is 0 Å². The second kappa shape index (κ2) is 6.61. The monoisotopic (exact) mass is 224 g/mol. The Hall–Kier alpha value is -0.0800. The van der Waals surface area contributed by atoms with Gasteiger partial charge in [-0.1, -0.05) is 13.3 Å². The van der Waals surface area contributed by atoms with Crippen molar-refractivity contribution in [2.24, 2.45) is 5.92 Å². The summed E-state index contributed by atoms with van der Waals surface area (Å²) in [6.45, 7) is 7.60. The molecule has 2 atom stereocenters. The Bertz CT molecular complexity index is 187. The number of nitrogens with one attached hydrogen (secondary N) is 1. The van der Waals surface area contributed by atoms with Crippen LogP contribution in [-0.4, -0.2) is 37.1 Å². The SMILES string of the molecule is CCC1CCCCN1CCCC1CCNC1. The second-order valence-electron chi connectivity index (χ2n) is 5.59. The van der Waals surface area contributed by atoms with Crippen LogP contribution in [0.4, 0.5) is 0 Å². The summed E-state index contributed by atoms with van der Waals surface area (Å²) >= 11 is 0. The fraction of sp³-hybridized carbons (Fsp3) is 1.00. The van der Waals surface area contributed by atoms with Crippen molar-refractivity contribution in [1.29, 1.82) is 0 Å². The first kappa shape index (κ1) is 12.4. The lowest BCUT2D eigenvalue weighted by Crippen LogP contribution is -2.39. The summed E-state index contributed by atoms with van der Waals surface area (Å²) < 4.78 is 0. The minimum Gasteiger partial charge on any atom is -0.316 e. The summed E-state index contributed by atoms with van der Waals surface area (Å²) in [4.78, 5) is 2.76. The van der Waals surface area contributed by atoms with Gasteiger partial charge in [-0.25, -0.2) is 0 Å². The Morgan fingerprint density at radius 3 is 2.94 bits per heavy atom. The highest BCUT2D eigenvalue weighted by Gasteiger charge is 2.21. The van der Waals surface area contributed by atoms with E-state index in [-0.39, 0.29) is 0 Å². The molecule has 16 heavy (non-hydrogen) atoms. The molecule has 1 N–H and O–H groups in total. The predicted octanol–water partition coefficient (Wildman–Crippen LogP) is 2.64. The smallest absolute Gasteiger partial charge is 0.00926 e. The Labute approximate surface area is 101 Å². The van der Waals surface area contributed by atoms with Crippen molar-refractivity contribution in [2.75, 3.05) is 26.2 Å². The van der Waals surface area contributed by atoms with Gasteiger partial charge in [0.15, 0.2) is 0 Å². The fourth-order valence-corrected chi connectivity index (χ4v) is 3.36. The summed E-state index contributed by atoms with van der Waals surface area (Å²) in [7, 11) is 0. The van der Waals surface area contributed by atoms with Crippen molar-refractivity contribution < 1.29 is 0 Å². The van der Waals surface area contributed by atoms with Crippen molar-refractivity contribution in [3.05, 3.63) is 0 Å². The molecule has 2 aliphatic heterocycles. The highest BCUT2D eigenvalue weighted by atomic mass is 15.2. The normalized spacial score (nSPS) is 32.1. The van der Waals surface area contributed by atoms with E-state index in [1.54, 1.807) is 0 Å². The van der Waals surface area contributed by atoms with Crippen LogP contribution in [0.1, 0.15) is 51.9 Å². The topological polar surface area (TPSA) is 15.3 Å². The number of likely N-dealkylation sites (tertiary alicyclic amines) is 1. The molecular weight excluding hydrogens is 196 g/mol. The lowest BCUT2D eigenvalue weighted by atomic mass is 9.98. The molecule has 0 aromatic rings. The third-order valence-electron chi connectivity index (χ3n) is 4.44. The largest absolute Gasteiger partial charge is 0.316 e. The van der Waals surface area contributed by atoms with Crippen molar-refractivity contribution in [1.82, 2.24) is 10.2 Å². The molecule has 2 heterocycles. The average molecular weight is 224 g/mol. The van der Waals surface area contributed by atoms with Gasteiger partial charge in [0.05, 0.1) is 0 Å². The number of piperidine rings is 1. The van der Waals surface area contributed by atoms with Crippen LogP contribution in [0.5, 0.6) is 0 Å². The van der Waals surface area contributed by atoms with Gasteiger partial charge < -0.3 is 10.2 Å². The number of nitrogens with zero attached hydrogens (tertiary/aromatic N) is 1. The molecule has 2 fully saturated rings. The van der Waals surface area contributed by atoms with E-state index in [4.69, 9.17) is 0 Å². The summed E-state index contributed by atoms with van der Waals surface area (Å²) in [6, 6.07) is 0.899. The number of rotatable bonds is 5. The first-order valence-electron chi connectivity index (χ1n) is 7.35. The maximum atomic E-state index is 3.47. The third-order valence-corrected chi connectivity index (χ3v) is 4.44. The van der Waals surface area contributed by atoms with Gasteiger partial charge in [-0.05, 0) is 70.6 Å². The van der Waals surface area contributed by atoms with Crippen molar-refractivity contribution in [3.8, 4) is 0 Å². The zero-order chi connectivity index (χ0) is 11.2. The molecule has 2 saturated heterocycles. The molecule has 0 spiro atoms. The third kappa shape index (κ3) is 3.46. The van der Waals surface area contributed by atoms with Crippen LogP contribution in [0.25, 0.3) is 0 Å². The van der Waals surface area contributed by atoms with Crippen LogP contribution in [0, 0.1) is 5.92 Å². The van der Waals surface area contributed by atoms with E-state index < -0.39 is 0 Å². The second-order valence-corrected chi connectivity index (χ2v) is 5.59. The Kier molecular flexibility index (Phi) is 5.11.